The fourth-order valence-electron chi connectivity index (χ4n) is 1.58. The first-order valence-corrected chi connectivity index (χ1v) is 4.89. The molecule has 4 nitrogen and oxygen atoms in total. The summed E-state index contributed by atoms with van der Waals surface area (Å²) in [6.45, 7) is 0.832. The quantitative estimate of drug-likeness (QED) is 0.719. The molecule has 4 heteroatoms. The summed E-state index contributed by atoms with van der Waals surface area (Å²) in [5, 5.41) is 7.99. The topological polar surface area (TPSA) is 44.2 Å². The Hall–Kier alpha value is -1.16. The predicted molar refractivity (Wildman–Crippen MR) is 51.1 cm³/mol. The van der Waals surface area contributed by atoms with Gasteiger partial charge in [-0.3, -0.25) is 0 Å². The number of rotatable bonds is 2. The molecule has 1 aliphatic rings. The maximum Gasteiger partial charge on any atom is 0.233 e. The molecule has 1 atom stereocenters. The van der Waals surface area contributed by atoms with E-state index in [1.54, 1.807) is 7.11 Å². The number of ether oxygens (including phenoxy) is 2. The van der Waals surface area contributed by atoms with Crippen LogP contribution in [0.5, 0.6) is 5.88 Å². The van der Waals surface area contributed by atoms with Gasteiger partial charge in [0.15, 0.2) is 0 Å². The molecule has 0 spiro atoms. The van der Waals surface area contributed by atoms with Crippen LogP contribution >= 0.6 is 0 Å². The first-order valence-electron chi connectivity index (χ1n) is 4.89. The van der Waals surface area contributed by atoms with E-state index < -0.39 is 0 Å². The summed E-state index contributed by atoms with van der Waals surface area (Å²) in [6.07, 6.45) is 3.53. The zero-order chi connectivity index (χ0) is 9.80. The van der Waals surface area contributed by atoms with Crippen molar-refractivity contribution in [3.05, 3.63) is 17.8 Å². The van der Waals surface area contributed by atoms with Gasteiger partial charge >= 0.3 is 0 Å². The van der Waals surface area contributed by atoms with Gasteiger partial charge in [-0.25, -0.2) is 0 Å². The van der Waals surface area contributed by atoms with E-state index >= 15 is 0 Å². The smallest absolute Gasteiger partial charge is 0.233 e. The van der Waals surface area contributed by atoms with E-state index in [0.29, 0.717) is 5.88 Å². The van der Waals surface area contributed by atoms with Crippen molar-refractivity contribution in [1.29, 1.82) is 0 Å². The summed E-state index contributed by atoms with van der Waals surface area (Å²) in [6, 6.07) is 3.74. The van der Waals surface area contributed by atoms with Crippen LogP contribution < -0.4 is 4.74 Å². The van der Waals surface area contributed by atoms with Crippen molar-refractivity contribution in [1.82, 2.24) is 10.2 Å². The lowest BCUT2D eigenvalue weighted by atomic mass is 10.1. The Morgan fingerprint density at radius 3 is 2.86 bits per heavy atom. The van der Waals surface area contributed by atoms with Crippen LogP contribution in [0.2, 0.25) is 0 Å². The highest BCUT2D eigenvalue weighted by atomic mass is 16.5. The molecule has 1 aromatic rings. The molecule has 0 N–H and O–H groups in total. The minimum atomic E-state index is 0.127. The number of nitrogens with zero attached hydrogens (tertiary/aromatic N) is 2. The highest BCUT2D eigenvalue weighted by Gasteiger charge is 2.17. The van der Waals surface area contributed by atoms with Gasteiger partial charge in [0.2, 0.25) is 5.88 Å². The van der Waals surface area contributed by atoms with E-state index in [4.69, 9.17) is 9.47 Å². The summed E-state index contributed by atoms with van der Waals surface area (Å²) < 4.78 is 10.5. The van der Waals surface area contributed by atoms with Gasteiger partial charge in [-0.1, -0.05) is 0 Å². The lowest BCUT2D eigenvalue weighted by Gasteiger charge is -2.21. The SMILES string of the molecule is COc1ccc(C2CCCCO2)nn1. The zero-order valence-corrected chi connectivity index (χ0v) is 8.27. The van der Waals surface area contributed by atoms with Crippen LogP contribution in [0.4, 0.5) is 0 Å². The summed E-state index contributed by atoms with van der Waals surface area (Å²) in [4.78, 5) is 0. The minimum absolute atomic E-state index is 0.127. The van der Waals surface area contributed by atoms with Crippen molar-refractivity contribution in [2.45, 2.75) is 25.4 Å². The fraction of sp³-hybridized carbons (Fsp3) is 0.600. The second kappa shape index (κ2) is 4.37. The summed E-state index contributed by atoms with van der Waals surface area (Å²) in [5.41, 5.74) is 0.908. The third-order valence-electron chi connectivity index (χ3n) is 2.38. The molecular formula is C10H14N2O2. The van der Waals surface area contributed by atoms with Crippen molar-refractivity contribution < 1.29 is 9.47 Å². The third kappa shape index (κ3) is 2.01. The summed E-state index contributed by atoms with van der Waals surface area (Å²) >= 11 is 0. The largest absolute Gasteiger partial charge is 0.480 e. The van der Waals surface area contributed by atoms with E-state index in [1.165, 1.54) is 6.42 Å². The molecule has 1 aromatic heterocycles. The van der Waals surface area contributed by atoms with Crippen LogP contribution in [0.1, 0.15) is 31.1 Å². The molecule has 1 fully saturated rings. The van der Waals surface area contributed by atoms with Gasteiger partial charge in [0, 0.05) is 12.7 Å². The van der Waals surface area contributed by atoms with E-state index in [-0.39, 0.29) is 6.10 Å². The van der Waals surface area contributed by atoms with Crippen molar-refractivity contribution in [2.24, 2.45) is 0 Å². The van der Waals surface area contributed by atoms with Gasteiger partial charge in [0.05, 0.1) is 12.8 Å². The predicted octanol–water partition coefficient (Wildman–Crippen LogP) is 1.73. The van der Waals surface area contributed by atoms with Gasteiger partial charge in [-0.2, -0.15) is 0 Å². The average molecular weight is 194 g/mol. The molecule has 2 rings (SSSR count). The molecule has 1 saturated heterocycles. The van der Waals surface area contributed by atoms with E-state index in [1.807, 2.05) is 12.1 Å². The molecule has 0 amide bonds. The van der Waals surface area contributed by atoms with Gasteiger partial charge in [0.1, 0.15) is 6.10 Å². The van der Waals surface area contributed by atoms with E-state index in [0.717, 1.165) is 25.1 Å². The first kappa shape index (κ1) is 9.40. The highest BCUT2D eigenvalue weighted by molar-refractivity contribution is 5.13. The molecule has 0 aromatic carbocycles. The van der Waals surface area contributed by atoms with Gasteiger partial charge in [-0.05, 0) is 25.3 Å². The maximum absolute atomic E-state index is 5.59. The monoisotopic (exact) mass is 194 g/mol. The maximum atomic E-state index is 5.59. The van der Waals surface area contributed by atoms with Gasteiger partial charge in [-0.15, -0.1) is 10.2 Å². The number of hydrogen-bond donors (Lipinski definition) is 0. The normalized spacial score (nSPS) is 21.9. The molecule has 0 radical (unpaired) electrons. The molecule has 0 saturated carbocycles. The van der Waals surface area contributed by atoms with E-state index in [2.05, 4.69) is 10.2 Å². The second-order valence-electron chi connectivity index (χ2n) is 3.36. The van der Waals surface area contributed by atoms with Crippen molar-refractivity contribution in [3.8, 4) is 5.88 Å². The van der Waals surface area contributed by atoms with Gasteiger partial charge < -0.3 is 9.47 Å². The van der Waals surface area contributed by atoms with Crippen LogP contribution in [0.3, 0.4) is 0 Å². The second-order valence-corrected chi connectivity index (χ2v) is 3.36. The fourth-order valence-corrected chi connectivity index (χ4v) is 1.58. The Bertz CT molecular complexity index is 281. The summed E-state index contributed by atoms with van der Waals surface area (Å²) in [7, 11) is 1.58. The molecule has 1 unspecified atom stereocenters. The molecule has 2 heterocycles. The molecule has 14 heavy (non-hydrogen) atoms. The lowest BCUT2D eigenvalue weighted by Crippen LogP contribution is -2.13. The summed E-state index contributed by atoms with van der Waals surface area (Å²) in [5.74, 6) is 0.546. The Morgan fingerprint density at radius 1 is 1.36 bits per heavy atom. The molecule has 1 aliphatic heterocycles. The molecule has 76 valence electrons. The van der Waals surface area contributed by atoms with Gasteiger partial charge in [0.25, 0.3) is 0 Å². The Morgan fingerprint density at radius 2 is 2.29 bits per heavy atom. The van der Waals surface area contributed by atoms with Crippen LogP contribution in [-0.4, -0.2) is 23.9 Å². The Balaban J connectivity index is 2.07. The zero-order valence-electron chi connectivity index (χ0n) is 8.27. The van der Waals surface area contributed by atoms with Crippen LogP contribution in [0.25, 0.3) is 0 Å². The van der Waals surface area contributed by atoms with E-state index in [9.17, 15) is 0 Å². The minimum Gasteiger partial charge on any atom is -0.480 e. The average Bonchev–Trinajstić information content (AvgIpc) is 2.30. The standard InChI is InChI=1S/C10H14N2O2/c1-13-10-6-5-8(11-12-10)9-4-2-3-7-14-9/h5-6,9H,2-4,7H2,1H3. The van der Waals surface area contributed by atoms with Crippen LogP contribution in [0.15, 0.2) is 12.1 Å². The number of aromatic nitrogens is 2. The number of methoxy groups -OCH3 is 1. The van der Waals surface area contributed by atoms with Crippen LogP contribution in [0, 0.1) is 0 Å². The van der Waals surface area contributed by atoms with Crippen LogP contribution in [-0.2, 0) is 4.74 Å². The van der Waals surface area contributed by atoms with Crippen molar-refractivity contribution >= 4 is 0 Å². The molecule has 0 aliphatic carbocycles. The Labute approximate surface area is 83.3 Å². The molecule has 0 bridgehead atoms. The molecular weight excluding hydrogens is 180 g/mol. The third-order valence-corrected chi connectivity index (χ3v) is 2.38. The van der Waals surface area contributed by atoms with Crippen molar-refractivity contribution in [3.63, 3.8) is 0 Å². The number of hydrogen-bond acceptors (Lipinski definition) is 4. The van der Waals surface area contributed by atoms with Crippen molar-refractivity contribution in [2.75, 3.05) is 13.7 Å². The highest BCUT2D eigenvalue weighted by Crippen LogP contribution is 2.26. The Kier molecular flexibility index (Phi) is 2.93. The lowest BCUT2D eigenvalue weighted by molar-refractivity contribution is 0.0117. The first-order chi connectivity index (χ1) is 6.90.